The molecule has 1 amide bonds. The quantitative estimate of drug-likeness (QED) is 0.772. The third-order valence-electron chi connectivity index (χ3n) is 4.98. The molecule has 1 aliphatic rings. The highest BCUT2D eigenvalue weighted by Gasteiger charge is 2.17. The Morgan fingerprint density at radius 2 is 1.93 bits per heavy atom. The van der Waals surface area contributed by atoms with Gasteiger partial charge in [-0.25, -0.2) is 0 Å². The maximum atomic E-state index is 12.1. The van der Waals surface area contributed by atoms with Gasteiger partial charge < -0.3 is 15.0 Å². The molecule has 0 spiro atoms. The van der Waals surface area contributed by atoms with E-state index in [4.69, 9.17) is 16.3 Å². The van der Waals surface area contributed by atoms with Crippen LogP contribution in [-0.4, -0.2) is 25.6 Å². The van der Waals surface area contributed by atoms with E-state index in [1.54, 1.807) is 24.3 Å². The van der Waals surface area contributed by atoms with E-state index in [9.17, 15) is 4.79 Å². The molecule has 4 nitrogen and oxygen atoms in total. The molecule has 0 radical (unpaired) electrons. The number of carbonyl (C=O) groups excluding carboxylic acids is 1. The van der Waals surface area contributed by atoms with Crippen molar-refractivity contribution in [3.05, 3.63) is 59.1 Å². The van der Waals surface area contributed by atoms with E-state index >= 15 is 0 Å². The first-order valence-electron chi connectivity index (χ1n) is 9.54. The molecule has 5 heteroatoms. The standard InChI is InChI=1S/C22H27ClN2O2/c1-16-4-3-13-25(14-16)20-9-5-18(6-10-20)17(2)24-22(26)15-27-21-11-7-19(23)8-12-21/h5-12,16-17H,3-4,13-15H2,1-2H3,(H,24,26). The van der Waals surface area contributed by atoms with Crippen molar-refractivity contribution >= 4 is 23.2 Å². The summed E-state index contributed by atoms with van der Waals surface area (Å²) in [7, 11) is 0. The SMILES string of the molecule is CC1CCCN(c2ccc(C(C)NC(=O)COc3ccc(Cl)cc3)cc2)C1. The zero-order chi connectivity index (χ0) is 19.2. The van der Waals surface area contributed by atoms with Crippen LogP contribution in [0.5, 0.6) is 5.75 Å². The largest absolute Gasteiger partial charge is 0.484 e. The number of hydrogen-bond acceptors (Lipinski definition) is 3. The lowest BCUT2D eigenvalue weighted by Gasteiger charge is -2.33. The second-order valence-corrected chi connectivity index (χ2v) is 7.75. The van der Waals surface area contributed by atoms with Gasteiger partial charge in [-0.15, -0.1) is 0 Å². The van der Waals surface area contributed by atoms with Gasteiger partial charge in [-0.2, -0.15) is 0 Å². The van der Waals surface area contributed by atoms with Gasteiger partial charge in [0, 0.05) is 23.8 Å². The van der Waals surface area contributed by atoms with Crippen LogP contribution in [0, 0.1) is 5.92 Å². The molecule has 1 aliphatic heterocycles. The number of ether oxygens (including phenoxy) is 1. The van der Waals surface area contributed by atoms with Crippen LogP contribution >= 0.6 is 11.6 Å². The summed E-state index contributed by atoms with van der Waals surface area (Å²) in [6.45, 7) is 6.52. The number of rotatable bonds is 6. The van der Waals surface area contributed by atoms with Crippen molar-refractivity contribution in [1.82, 2.24) is 5.32 Å². The molecule has 2 aromatic rings. The molecule has 2 unspecified atom stereocenters. The normalized spacial score (nSPS) is 18.0. The van der Waals surface area contributed by atoms with Gasteiger partial charge in [0.05, 0.1) is 6.04 Å². The summed E-state index contributed by atoms with van der Waals surface area (Å²) in [6.07, 6.45) is 2.57. The van der Waals surface area contributed by atoms with Gasteiger partial charge in [-0.05, 0) is 67.6 Å². The topological polar surface area (TPSA) is 41.6 Å². The number of anilines is 1. The monoisotopic (exact) mass is 386 g/mol. The van der Waals surface area contributed by atoms with Crippen LogP contribution in [0.4, 0.5) is 5.69 Å². The number of amides is 1. The summed E-state index contributed by atoms with van der Waals surface area (Å²) in [4.78, 5) is 14.6. The van der Waals surface area contributed by atoms with E-state index in [0.29, 0.717) is 10.8 Å². The summed E-state index contributed by atoms with van der Waals surface area (Å²) in [5, 5.41) is 3.62. The van der Waals surface area contributed by atoms with Crippen LogP contribution in [0.25, 0.3) is 0 Å². The molecule has 0 aromatic heterocycles. The second kappa shape index (κ2) is 9.14. The highest BCUT2D eigenvalue weighted by atomic mass is 35.5. The van der Waals surface area contributed by atoms with E-state index in [0.717, 1.165) is 24.6 Å². The Kier molecular flexibility index (Phi) is 6.62. The number of benzene rings is 2. The average molecular weight is 387 g/mol. The molecule has 3 rings (SSSR count). The maximum absolute atomic E-state index is 12.1. The van der Waals surface area contributed by atoms with Gasteiger partial charge >= 0.3 is 0 Å². The van der Waals surface area contributed by atoms with E-state index in [1.165, 1.54) is 18.5 Å². The molecular formula is C22H27ClN2O2. The van der Waals surface area contributed by atoms with E-state index in [2.05, 4.69) is 41.4 Å². The van der Waals surface area contributed by atoms with Crippen molar-refractivity contribution < 1.29 is 9.53 Å². The molecule has 0 saturated carbocycles. The molecule has 1 heterocycles. The average Bonchev–Trinajstić information content (AvgIpc) is 2.67. The predicted molar refractivity (Wildman–Crippen MR) is 111 cm³/mol. The molecule has 1 fully saturated rings. The predicted octanol–water partition coefficient (Wildman–Crippen LogP) is 4.83. The van der Waals surface area contributed by atoms with Crippen molar-refractivity contribution in [3.63, 3.8) is 0 Å². The summed E-state index contributed by atoms with van der Waals surface area (Å²) in [5.74, 6) is 1.23. The Morgan fingerprint density at radius 3 is 2.59 bits per heavy atom. The van der Waals surface area contributed by atoms with Gasteiger partial charge in [-0.3, -0.25) is 4.79 Å². The van der Waals surface area contributed by atoms with Crippen molar-refractivity contribution in [1.29, 1.82) is 0 Å². The highest BCUT2D eigenvalue weighted by molar-refractivity contribution is 6.30. The minimum atomic E-state index is -0.147. The Hall–Kier alpha value is -2.20. The minimum absolute atomic E-state index is 0.0181. The van der Waals surface area contributed by atoms with Crippen LogP contribution in [0.15, 0.2) is 48.5 Å². The number of carbonyl (C=O) groups is 1. The van der Waals surface area contributed by atoms with Gasteiger partial charge in [0.25, 0.3) is 5.91 Å². The summed E-state index contributed by atoms with van der Waals surface area (Å²) in [5.41, 5.74) is 2.35. The fourth-order valence-corrected chi connectivity index (χ4v) is 3.57. The highest BCUT2D eigenvalue weighted by Crippen LogP contribution is 2.24. The summed E-state index contributed by atoms with van der Waals surface area (Å²) >= 11 is 5.84. The fraction of sp³-hybridized carbons (Fsp3) is 0.409. The first kappa shape index (κ1) is 19.6. The summed E-state index contributed by atoms with van der Waals surface area (Å²) < 4.78 is 5.49. The molecule has 27 heavy (non-hydrogen) atoms. The minimum Gasteiger partial charge on any atom is -0.484 e. The van der Waals surface area contributed by atoms with E-state index < -0.39 is 0 Å². The van der Waals surface area contributed by atoms with Crippen molar-refractivity contribution in [2.45, 2.75) is 32.7 Å². The fourth-order valence-electron chi connectivity index (χ4n) is 3.44. The van der Waals surface area contributed by atoms with Gasteiger partial charge in [0.1, 0.15) is 5.75 Å². The zero-order valence-corrected chi connectivity index (χ0v) is 16.7. The van der Waals surface area contributed by atoms with E-state index in [-0.39, 0.29) is 18.6 Å². The maximum Gasteiger partial charge on any atom is 0.258 e. The number of hydrogen-bond donors (Lipinski definition) is 1. The number of nitrogens with one attached hydrogen (secondary N) is 1. The second-order valence-electron chi connectivity index (χ2n) is 7.32. The number of halogens is 1. The molecule has 0 aliphatic carbocycles. The first-order valence-corrected chi connectivity index (χ1v) is 9.91. The van der Waals surface area contributed by atoms with Crippen molar-refractivity contribution in [2.24, 2.45) is 5.92 Å². The van der Waals surface area contributed by atoms with Gasteiger partial charge in [-0.1, -0.05) is 30.7 Å². The lowest BCUT2D eigenvalue weighted by molar-refractivity contribution is -0.123. The van der Waals surface area contributed by atoms with Gasteiger partial charge in [0.15, 0.2) is 6.61 Å². The summed E-state index contributed by atoms with van der Waals surface area (Å²) in [6, 6.07) is 15.4. The van der Waals surface area contributed by atoms with Crippen LogP contribution < -0.4 is 15.0 Å². The zero-order valence-electron chi connectivity index (χ0n) is 16.0. The lowest BCUT2D eigenvalue weighted by Crippen LogP contribution is -2.34. The number of nitrogens with zero attached hydrogens (tertiary/aromatic N) is 1. The van der Waals surface area contributed by atoms with Crippen molar-refractivity contribution in [3.8, 4) is 5.75 Å². The molecule has 2 aromatic carbocycles. The Labute approximate surface area is 166 Å². The number of piperidine rings is 1. The van der Waals surface area contributed by atoms with Crippen LogP contribution in [0.2, 0.25) is 5.02 Å². The van der Waals surface area contributed by atoms with Crippen molar-refractivity contribution in [2.75, 3.05) is 24.6 Å². The third-order valence-corrected chi connectivity index (χ3v) is 5.23. The van der Waals surface area contributed by atoms with E-state index in [1.807, 2.05) is 6.92 Å². The smallest absolute Gasteiger partial charge is 0.258 e. The molecule has 0 bridgehead atoms. The Balaban J connectivity index is 1.50. The first-order chi connectivity index (χ1) is 13.0. The third kappa shape index (κ3) is 5.64. The molecule has 144 valence electrons. The van der Waals surface area contributed by atoms with Crippen LogP contribution in [0.3, 0.4) is 0 Å². The lowest BCUT2D eigenvalue weighted by atomic mass is 9.99. The molecule has 1 N–H and O–H groups in total. The molecule has 1 saturated heterocycles. The van der Waals surface area contributed by atoms with Crippen LogP contribution in [-0.2, 0) is 4.79 Å². The Bertz CT molecular complexity index is 746. The molecular weight excluding hydrogens is 360 g/mol. The van der Waals surface area contributed by atoms with Gasteiger partial charge in [0.2, 0.25) is 0 Å². The van der Waals surface area contributed by atoms with Crippen LogP contribution in [0.1, 0.15) is 38.3 Å². The molecule has 2 atom stereocenters. The Morgan fingerprint density at radius 1 is 1.22 bits per heavy atom.